The maximum absolute atomic E-state index is 6.08. The van der Waals surface area contributed by atoms with E-state index in [1.165, 1.54) is 49.7 Å². The lowest BCUT2D eigenvalue weighted by Crippen LogP contribution is -1.85. The van der Waals surface area contributed by atoms with Crippen LogP contribution in [0, 0.1) is 20.8 Å². The highest BCUT2D eigenvalue weighted by Crippen LogP contribution is 2.37. The minimum absolute atomic E-state index is 0.926. The van der Waals surface area contributed by atoms with E-state index in [0.29, 0.717) is 0 Å². The predicted octanol–water partition coefficient (Wildman–Crippen LogP) is 9.74. The van der Waals surface area contributed by atoms with E-state index >= 15 is 0 Å². The highest BCUT2D eigenvalue weighted by Gasteiger charge is 2.12. The van der Waals surface area contributed by atoms with Gasteiger partial charge in [-0.25, -0.2) is 0 Å². The van der Waals surface area contributed by atoms with Crippen LogP contribution in [0.1, 0.15) is 16.7 Å². The Hall–Kier alpha value is -4.30. The van der Waals surface area contributed by atoms with Crippen molar-refractivity contribution in [1.29, 1.82) is 0 Å². The van der Waals surface area contributed by atoms with Crippen molar-refractivity contribution in [2.45, 2.75) is 20.8 Å². The SMILES string of the molecule is Cc1cc(-c2ccc3oc4ccc(C)cc4c3c2)cc(-c2ccc3oc4ccc(C)cc4c3c2)c1. The summed E-state index contributed by atoms with van der Waals surface area (Å²) in [6, 6.07) is 32.6. The first-order valence-electron chi connectivity index (χ1n) is 12.0. The molecule has 0 radical (unpaired) electrons. The van der Waals surface area contributed by atoms with Crippen LogP contribution in [0.4, 0.5) is 0 Å². The van der Waals surface area contributed by atoms with E-state index in [0.717, 1.165) is 33.1 Å². The first kappa shape index (κ1) is 20.1. The third kappa shape index (κ3) is 3.25. The van der Waals surface area contributed by atoms with Crippen LogP contribution in [0.5, 0.6) is 0 Å². The van der Waals surface area contributed by atoms with Crippen molar-refractivity contribution < 1.29 is 8.83 Å². The van der Waals surface area contributed by atoms with Crippen molar-refractivity contribution >= 4 is 43.9 Å². The Morgan fingerprint density at radius 2 is 0.743 bits per heavy atom. The highest BCUT2D eigenvalue weighted by atomic mass is 16.3. The fourth-order valence-corrected chi connectivity index (χ4v) is 5.26. The molecule has 168 valence electrons. The van der Waals surface area contributed by atoms with Crippen molar-refractivity contribution in [3.63, 3.8) is 0 Å². The summed E-state index contributed by atoms with van der Waals surface area (Å²) in [6.45, 7) is 6.41. The van der Waals surface area contributed by atoms with E-state index in [-0.39, 0.29) is 0 Å². The van der Waals surface area contributed by atoms with Crippen LogP contribution in [0.3, 0.4) is 0 Å². The quantitative estimate of drug-likeness (QED) is 0.261. The number of benzene rings is 5. The molecule has 0 bridgehead atoms. The van der Waals surface area contributed by atoms with E-state index in [4.69, 9.17) is 8.83 Å². The average Bonchev–Trinajstić information content (AvgIpc) is 3.40. The zero-order chi connectivity index (χ0) is 23.7. The van der Waals surface area contributed by atoms with Crippen molar-refractivity contribution in [2.24, 2.45) is 0 Å². The van der Waals surface area contributed by atoms with Crippen molar-refractivity contribution in [2.75, 3.05) is 0 Å². The van der Waals surface area contributed by atoms with Crippen LogP contribution >= 0.6 is 0 Å². The first-order chi connectivity index (χ1) is 17.0. The lowest BCUT2D eigenvalue weighted by Gasteiger charge is -2.09. The molecule has 7 aromatic rings. The smallest absolute Gasteiger partial charge is 0.135 e. The number of aryl methyl sites for hydroxylation is 3. The predicted molar refractivity (Wildman–Crippen MR) is 146 cm³/mol. The van der Waals surface area contributed by atoms with Gasteiger partial charge in [0.2, 0.25) is 0 Å². The molecule has 0 fully saturated rings. The molecule has 35 heavy (non-hydrogen) atoms. The number of fused-ring (bicyclic) bond motifs is 6. The van der Waals surface area contributed by atoms with Crippen LogP contribution in [-0.4, -0.2) is 0 Å². The fourth-order valence-electron chi connectivity index (χ4n) is 5.26. The van der Waals surface area contributed by atoms with Crippen LogP contribution < -0.4 is 0 Å². The zero-order valence-electron chi connectivity index (χ0n) is 20.0. The van der Waals surface area contributed by atoms with Gasteiger partial charge in [-0.2, -0.15) is 0 Å². The average molecular weight is 453 g/mol. The monoisotopic (exact) mass is 452 g/mol. The number of hydrogen-bond acceptors (Lipinski definition) is 2. The van der Waals surface area contributed by atoms with Crippen molar-refractivity contribution in [3.8, 4) is 22.3 Å². The fraction of sp³-hybridized carbons (Fsp3) is 0.0909. The molecule has 2 heterocycles. The molecule has 0 saturated heterocycles. The van der Waals surface area contributed by atoms with Crippen LogP contribution in [-0.2, 0) is 0 Å². The molecule has 0 aliphatic heterocycles. The number of hydrogen-bond donors (Lipinski definition) is 0. The molecule has 0 atom stereocenters. The molecule has 0 amide bonds. The Kier molecular flexibility index (Phi) is 4.22. The van der Waals surface area contributed by atoms with Gasteiger partial charge >= 0.3 is 0 Å². The van der Waals surface area contributed by atoms with Gasteiger partial charge in [0.15, 0.2) is 0 Å². The zero-order valence-corrected chi connectivity index (χ0v) is 20.0. The van der Waals surface area contributed by atoms with E-state index in [1.54, 1.807) is 0 Å². The molecule has 2 nitrogen and oxygen atoms in total. The molecule has 0 saturated carbocycles. The Balaban J connectivity index is 1.39. The topological polar surface area (TPSA) is 26.3 Å². The Labute approximate surface area is 203 Å². The van der Waals surface area contributed by atoms with Gasteiger partial charge in [0.05, 0.1) is 0 Å². The molecule has 2 aromatic heterocycles. The molecule has 0 aliphatic carbocycles. The lowest BCUT2D eigenvalue weighted by molar-refractivity contribution is 0.668. The molecule has 0 N–H and O–H groups in total. The summed E-state index contributed by atoms with van der Waals surface area (Å²) in [5.41, 5.74) is 12.2. The number of rotatable bonds is 2. The first-order valence-corrected chi connectivity index (χ1v) is 12.0. The largest absolute Gasteiger partial charge is 0.456 e. The van der Waals surface area contributed by atoms with E-state index in [1.807, 2.05) is 0 Å². The van der Waals surface area contributed by atoms with Gasteiger partial charge in [-0.15, -0.1) is 0 Å². The van der Waals surface area contributed by atoms with Crippen LogP contribution in [0.15, 0.2) is 99.8 Å². The summed E-state index contributed by atoms with van der Waals surface area (Å²) >= 11 is 0. The third-order valence-electron chi connectivity index (χ3n) is 6.99. The molecular weight excluding hydrogens is 428 g/mol. The Morgan fingerprint density at radius 3 is 1.20 bits per heavy atom. The second kappa shape index (κ2) is 7.35. The van der Waals surface area contributed by atoms with Gasteiger partial charge in [0.1, 0.15) is 22.3 Å². The highest BCUT2D eigenvalue weighted by molar-refractivity contribution is 6.07. The van der Waals surface area contributed by atoms with Gasteiger partial charge in [-0.05, 0) is 103 Å². The van der Waals surface area contributed by atoms with E-state index in [9.17, 15) is 0 Å². The standard InChI is InChI=1S/C33H24O2/c1-19-4-8-30-26(14-19)28-17-22(6-10-32(28)34-30)24-12-21(3)13-25(16-24)23-7-11-33-29(18-23)27-15-20(2)5-9-31(27)35-33/h4-18H,1-3H3. The molecule has 2 heteroatoms. The van der Waals surface area contributed by atoms with Gasteiger partial charge in [0.25, 0.3) is 0 Å². The van der Waals surface area contributed by atoms with E-state index in [2.05, 4.69) is 112 Å². The maximum Gasteiger partial charge on any atom is 0.135 e. The number of furan rings is 2. The molecule has 0 aliphatic rings. The summed E-state index contributed by atoms with van der Waals surface area (Å²) in [5.74, 6) is 0. The Morgan fingerprint density at radius 1 is 0.343 bits per heavy atom. The molecule has 5 aromatic carbocycles. The second-order valence-corrected chi connectivity index (χ2v) is 9.71. The summed E-state index contributed by atoms with van der Waals surface area (Å²) in [5, 5.41) is 4.65. The summed E-state index contributed by atoms with van der Waals surface area (Å²) in [7, 11) is 0. The minimum Gasteiger partial charge on any atom is -0.456 e. The molecule has 0 spiro atoms. The Bertz CT molecular complexity index is 1790. The lowest BCUT2D eigenvalue weighted by atomic mass is 9.95. The van der Waals surface area contributed by atoms with Gasteiger partial charge in [0, 0.05) is 21.5 Å². The normalized spacial score (nSPS) is 11.9. The van der Waals surface area contributed by atoms with Gasteiger partial charge in [-0.1, -0.05) is 47.5 Å². The third-order valence-corrected chi connectivity index (χ3v) is 6.99. The molecule has 7 rings (SSSR count). The van der Waals surface area contributed by atoms with Crippen molar-refractivity contribution in [3.05, 3.63) is 108 Å². The van der Waals surface area contributed by atoms with Crippen LogP contribution in [0.25, 0.3) is 66.1 Å². The van der Waals surface area contributed by atoms with Crippen molar-refractivity contribution in [1.82, 2.24) is 0 Å². The van der Waals surface area contributed by atoms with Crippen LogP contribution in [0.2, 0.25) is 0 Å². The minimum atomic E-state index is 0.926. The van der Waals surface area contributed by atoms with E-state index < -0.39 is 0 Å². The maximum atomic E-state index is 6.08. The molecule has 0 unspecified atom stereocenters. The van der Waals surface area contributed by atoms with Gasteiger partial charge < -0.3 is 8.83 Å². The molecular formula is C33H24O2. The summed E-state index contributed by atoms with van der Waals surface area (Å²) in [4.78, 5) is 0. The summed E-state index contributed by atoms with van der Waals surface area (Å²) < 4.78 is 12.2. The summed E-state index contributed by atoms with van der Waals surface area (Å²) in [6.07, 6.45) is 0. The second-order valence-electron chi connectivity index (χ2n) is 9.71. The van der Waals surface area contributed by atoms with Gasteiger partial charge in [-0.3, -0.25) is 0 Å².